The molecule has 0 spiro atoms. The van der Waals surface area contributed by atoms with E-state index in [1.54, 1.807) is 6.07 Å². The zero-order chi connectivity index (χ0) is 13.5. The van der Waals surface area contributed by atoms with E-state index in [0.717, 1.165) is 18.4 Å². The highest BCUT2D eigenvalue weighted by Crippen LogP contribution is 2.29. The minimum Gasteiger partial charge on any atom is -0.493 e. The van der Waals surface area contributed by atoms with Gasteiger partial charge in [0.1, 0.15) is 16.8 Å². The molecule has 0 bridgehead atoms. The van der Waals surface area contributed by atoms with Gasteiger partial charge in [-0.15, -0.1) is 0 Å². The molecule has 18 heavy (non-hydrogen) atoms. The van der Waals surface area contributed by atoms with Crippen molar-refractivity contribution < 1.29 is 13.9 Å². The molecule has 0 aliphatic heterocycles. The van der Waals surface area contributed by atoms with Gasteiger partial charge >= 0.3 is 0 Å². The molecule has 1 aromatic carbocycles. The van der Waals surface area contributed by atoms with Crippen molar-refractivity contribution in [1.29, 1.82) is 0 Å². The third-order valence-electron chi connectivity index (χ3n) is 2.31. The third-order valence-corrected chi connectivity index (χ3v) is 2.61. The summed E-state index contributed by atoms with van der Waals surface area (Å²) in [4.78, 5) is 0. The molecule has 0 saturated carbocycles. The summed E-state index contributed by atoms with van der Waals surface area (Å²) in [5.74, 6) is 0.275. The van der Waals surface area contributed by atoms with E-state index in [1.807, 2.05) is 6.92 Å². The Morgan fingerprint density at radius 3 is 2.67 bits per heavy atom. The lowest BCUT2D eigenvalue weighted by Crippen LogP contribution is -1.99. The topological polar surface area (TPSA) is 18.5 Å². The van der Waals surface area contributed by atoms with Gasteiger partial charge in [-0.2, -0.15) is 0 Å². The van der Waals surface area contributed by atoms with Crippen molar-refractivity contribution >= 4 is 23.2 Å². The zero-order valence-electron chi connectivity index (χ0n) is 10.3. The summed E-state index contributed by atoms with van der Waals surface area (Å²) in [5, 5.41) is 0. The van der Waals surface area contributed by atoms with Crippen LogP contribution in [-0.4, -0.2) is 13.7 Å². The maximum absolute atomic E-state index is 13.7. The van der Waals surface area contributed by atoms with Crippen molar-refractivity contribution in [3.63, 3.8) is 0 Å². The smallest absolute Gasteiger partial charge is 0.169 e. The van der Waals surface area contributed by atoms with Crippen LogP contribution in [0.5, 0.6) is 11.5 Å². The largest absolute Gasteiger partial charge is 0.493 e. The molecule has 0 aliphatic rings. The minimum atomic E-state index is -0.431. The standard InChI is InChI=1S/C13H15Cl2FO2/c1-3-4-9-7-10(18-6-5-12(14)15)8-11(16)13(9)17-2/h5,7-8H,3-4,6H2,1-2H3. The molecule has 0 atom stereocenters. The van der Waals surface area contributed by atoms with Gasteiger partial charge in [-0.1, -0.05) is 36.5 Å². The predicted octanol–water partition coefficient (Wildman–Crippen LogP) is 4.48. The second-order valence-corrected chi connectivity index (χ2v) is 4.66. The SMILES string of the molecule is CCCc1cc(OCC=C(Cl)Cl)cc(F)c1OC. The van der Waals surface area contributed by atoms with E-state index in [9.17, 15) is 4.39 Å². The van der Waals surface area contributed by atoms with Gasteiger partial charge in [-0.25, -0.2) is 4.39 Å². The quantitative estimate of drug-likeness (QED) is 0.769. The maximum Gasteiger partial charge on any atom is 0.169 e. The van der Waals surface area contributed by atoms with Crippen molar-refractivity contribution in [2.75, 3.05) is 13.7 Å². The average Bonchev–Trinajstić information content (AvgIpc) is 2.28. The number of ether oxygens (including phenoxy) is 2. The highest BCUT2D eigenvalue weighted by atomic mass is 35.5. The molecular weight excluding hydrogens is 278 g/mol. The molecule has 0 amide bonds. The summed E-state index contributed by atoms with van der Waals surface area (Å²) in [6, 6.07) is 3.05. The molecule has 1 aromatic rings. The fourth-order valence-electron chi connectivity index (χ4n) is 1.59. The minimum absolute atomic E-state index is 0.123. The Hall–Kier alpha value is -0.930. The number of rotatable bonds is 6. The van der Waals surface area contributed by atoms with Crippen LogP contribution in [-0.2, 0) is 6.42 Å². The lowest BCUT2D eigenvalue weighted by atomic mass is 10.1. The first-order valence-corrected chi connectivity index (χ1v) is 6.34. The molecule has 0 aliphatic carbocycles. The average molecular weight is 293 g/mol. The number of aryl methyl sites for hydroxylation is 1. The molecule has 0 saturated heterocycles. The highest BCUT2D eigenvalue weighted by molar-refractivity contribution is 6.55. The Labute approximate surface area is 116 Å². The molecule has 0 heterocycles. The Bertz CT molecular complexity index is 429. The van der Waals surface area contributed by atoms with Crippen molar-refractivity contribution in [1.82, 2.24) is 0 Å². The van der Waals surface area contributed by atoms with Gasteiger partial charge in [0.2, 0.25) is 0 Å². The monoisotopic (exact) mass is 292 g/mol. The first kappa shape index (κ1) is 15.1. The van der Waals surface area contributed by atoms with Crippen LogP contribution in [0, 0.1) is 5.82 Å². The number of hydrogen-bond acceptors (Lipinski definition) is 2. The van der Waals surface area contributed by atoms with Crippen LogP contribution in [0.4, 0.5) is 4.39 Å². The Kier molecular flexibility index (Phi) is 6.30. The van der Waals surface area contributed by atoms with E-state index in [4.69, 9.17) is 32.7 Å². The van der Waals surface area contributed by atoms with Crippen LogP contribution in [0.25, 0.3) is 0 Å². The molecule has 1 rings (SSSR count). The first-order valence-electron chi connectivity index (χ1n) is 5.58. The van der Waals surface area contributed by atoms with Gasteiger partial charge < -0.3 is 9.47 Å². The lowest BCUT2D eigenvalue weighted by Gasteiger charge is -2.11. The summed E-state index contributed by atoms with van der Waals surface area (Å²) in [6.45, 7) is 2.21. The maximum atomic E-state index is 13.7. The summed E-state index contributed by atoms with van der Waals surface area (Å²) in [5.41, 5.74) is 0.788. The van der Waals surface area contributed by atoms with Gasteiger partial charge in [-0.05, 0) is 18.6 Å². The number of hydrogen-bond donors (Lipinski definition) is 0. The summed E-state index contributed by atoms with van der Waals surface area (Å²) in [7, 11) is 1.45. The second kappa shape index (κ2) is 7.49. The fraction of sp³-hybridized carbons (Fsp3) is 0.385. The number of methoxy groups -OCH3 is 1. The molecular formula is C13H15Cl2FO2. The van der Waals surface area contributed by atoms with Gasteiger partial charge in [0.25, 0.3) is 0 Å². The van der Waals surface area contributed by atoms with Gasteiger partial charge in [-0.3, -0.25) is 0 Å². The first-order chi connectivity index (χ1) is 8.58. The van der Waals surface area contributed by atoms with E-state index in [2.05, 4.69) is 0 Å². The molecule has 0 radical (unpaired) electrons. The summed E-state index contributed by atoms with van der Waals surface area (Å²) >= 11 is 10.9. The van der Waals surface area contributed by atoms with Crippen molar-refractivity contribution in [3.8, 4) is 11.5 Å². The summed E-state index contributed by atoms with van der Waals surface area (Å²) in [6.07, 6.45) is 3.11. The second-order valence-electron chi connectivity index (χ2n) is 3.65. The Morgan fingerprint density at radius 1 is 1.39 bits per heavy atom. The fourth-order valence-corrected chi connectivity index (χ4v) is 1.72. The van der Waals surface area contributed by atoms with Crippen LogP contribution in [0.3, 0.4) is 0 Å². The predicted molar refractivity (Wildman–Crippen MR) is 72.2 cm³/mol. The van der Waals surface area contributed by atoms with Crippen molar-refractivity contribution in [3.05, 3.63) is 34.1 Å². The molecule has 0 fully saturated rings. The van der Waals surface area contributed by atoms with Crippen LogP contribution < -0.4 is 9.47 Å². The number of benzene rings is 1. The Morgan fingerprint density at radius 2 is 2.11 bits per heavy atom. The molecule has 100 valence electrons. The number of halogens is 3. The highest BCUT2D eigenvalue weighted by Gasteiger charge is 2.11. The van der Waals surface area contributed by atoms with Gasteiger partial charge in [0, 0.05) is 11.6 Å². The van der Waals surface area contributed by atoms with Crippen LogP contribution in [0.15, 0.2) is 22.7 Å². The van der Waals surface area contributed by atoms with Crippen LogP contribution in [0.1, 0.15) is 18.9 Å². The van der Waals surface area contributed by atoms with Gasteiger partial charge in [0.05, 0.1) is 7.11 Å². The van der Waals surface area contributed by atoms with E-state index in [0.29, 0.717) is 5.75 Å². The van der Waals surface area contributed by atoms with Crippen LogP contribution >= 0.6 is 23.2 Å². The van der Waals surface area contributed by atoms with Crippen molar-refractivity contribution in [2.24, 2.45) is 0 Å². The summed E-state index contributed by atoms with van der Waals surface area (Å²) < 4.78 is 24.3. The van der Waals surface area contributed by atoms with Gasteiger partial charge in [0.15, 0.2) is 11.6 Å². The molecule has 0 aromatic heterocycles. The van der Waals surface area contributed by atoms with E-state index in [1.165, 1.54) is 19.3 Å². The molecule has 0 N–H and O–H groups in total. The molecule has 5 heteroatoms. The van der Waals surface area contributed by atoms with Crippen LogP contribution in [0.2, 0.25) is 0 Å². The van der Waals surface area contributed by atoms with E-state index in [-0.39, 0.29) is 16.8 Å². The molecule has 2 nitrogen and oxygen atoms in total. The van der Waals surface area contributed by atoms with Crippen molar-refractivity contribution in [2.45, 2.75) is 19.8 Å². The normalized spacial score (nSPS) is 10.1. The third kappa shape index (κ3) is 4.39. The molecule has 0 unspecified atom stereocenters. The van der Waals surface area contributed by atoms with E-state index < -0.39 is 5.82 Å². The Balaban J connectivity index is 2.90. The lowest BCUT2D eigenvalue weighted by molar-refractivity contribution is 0.350. The zero-order valence-corrected chi connectivity index (χ0v) is 11.8. The van der Waals surface area contributed by atoms with E-state index >= 15 is 0 Å².